The number of rotatable bonds is 4. The molecule has 0 spiro atoms. The van der Waals surface area contributed by atoms with Crippen LogP contribution in [0.15, 0.2) is 47.5 Å². The number of aldehydes is 1. The van der Waals surface area contributed by atoms with Crippen molar-refractivity contribution in [3.8, 4) is 0 Å². The van der Waals surface area contributed by atoms with E-state index in [9.17, 15) is 13.2 Å². The fraction of sp³-hybridized carbons (Fsp3) is 0.214. The molecule has 0 saturated heterocycles. The van der Waals surface area contributed by atoms with Gasteiger partial charge in [0.25, 0.3) is 10.0 Å². The standard InChI is InChI=1S/C14H15NO3S/c1-11(2)12-5-7-14(8-6-12)19(17,18)15-9-3-4-13(15)10-16/h3-11H,1-2H3. The van der Waals surface area contributed by atoms with E-state index in [1.54, 1.807) is 24.3 Å². The van der Waals surface area contributed by atoms with Crippen molar-refractivity contribution < 1.29 is 13.2 Å². The summed E-state index contributed by atoms with van der Waals surface area (Å²) in [5, 5.41) is 0. The van der Waals surface area contributed by atoms with Crippen molar-refractivity contribution in [3.63, 3.8) is 0 Å². The van der Waals surface area contributed by atoms with Gasteiger partial charge < -0.3 is 0 Å². The summed E-state index contributed by atoms with van der Waals surface area (Å²) in [6, 6.07) is 9.72. The highest BCUT2D eigenvalue weighted by Gasteiger charge is 2.18. The summed E-state index contributed by atoms with van der Waals surface area (Å²) in [6.45, 7) is 4.08. The van der Waals surface area contributed by atoms with Gasteiger partial charge in [-0.2, -0.15) is 0 Å². The minimum atomic E-state index is -3.70. The number of hydrogen-bond donors (Lipinski definition) is 0. The second kappa shape index (κ2) is 5.01. The lowest BCUT2D eigenvalue weighted by Crippen LogP contribution is -2.14. The van der Waals surface area contributed by atoms with E-state index in [-0.39, 0.29) is 10.6 Å². The van der Waals surface area contributed by atoms with Gasteiger partial charge in [-0.3, -0.25) is 4.79 Å². The summed E-state index contributed by atoms with van der Waals surface area (Å²) in [5.41, 5.74) is 1.19. The average Bonchev–Trinajstić information content (AvgIpc) is 2.87. The van der Waals surface area contributed by atoms with Gasteiger partial charge in [-0.05, 0) is 35.7 Å². The van der Waals surface area contributed by atoms with Crippen molar-refractivity contribution in [1.29, 1.82) is 0 Å². The molecule has 0 aliphatic heterocycles. The van der Waals surface area contributed by atoms with E-state index < -0.39 is 10.0 Å². The number of nitrogens with zero attached hydrogens (tertiary/aromatic N) is 1. The third-order valence-corrected chi connectivity index (χ3v) is 4.69. The van der Waals surface area contributed by atoms with Crippen LogP contribution in [0.1, 0.15) is 35.8 Å². The second-order valence-corrected chi connectivity index (χ2v) is 6.39. The molecule has 0 N–H and O–H groups in total. The minimum Gasteiger partial charge on any atom is -0.296 e. The lowest BCUT2D eigenvalue weighted by molar-refractivity contribution is 0.111. The zero-order chi connectivity index (χ0) is 14.0. The Labute approximate surface area is 112 Å². The molecular formula is C14H15NO3S. The molecule has 0 amide bonds. The first-order chi connectivity index (χ1) is 8.96. The lowest BCUT2D eigenvalue weighted by Gasteiger charge is -2.09. The van der Waals surface area contributed by atoms with Crippen LogP contribution in [0.3, 0.4) is 0 Å². The van der Waals surface area contributed by atoms with E-state index in [0.717, 1.165) is 9.54 Å². The normalized spacial score (nSPS) is 11.7. The summed E-state index contributed by atoms with van der Waals surface area (Å²) in [6.07, 6.45) is 1.90. The second-order valence-electron chi connectivity index (χ2n) is 4.58. The molecule has 5 heteroatoms. The molecule has 1 aromatic carbocycles. The van der Waals surface area contributed by atoms with Crippen molar-refractivity contribution in [3.05, 3.63) is 53.9 Å². The Hall–Kier alpha value is -1.88. The van der Waals surface area contributed by atoms with Crippen molar-refractivity contribution in [2.75, 3.05) is 0 Å². The first-order valence-electron chi connectivity index (χ1n) is 5.95. The van der Waals surface area contributed by atoms with E-state index in [1.807, 2.05) is 13.8 Å². The molecule has 0 unspecified atom stereocenters. The number of carbonyl (C=O) groups is 1. The Morgan fingerprint density at radius 3 is 2.26 bits per heavy atom. The predicted molar refractivity (Wildman–Crippen MR) is 72.9 cm³/mol. The van der Waals surface area contributed by atoms with Crippen molar-refractivity contribution in [2.45, 2.75) is 24.7 Å². The first kappa shape index (κ1) is 13.5. The van der Waals surface area contributed by atoms with Crippen LogP contribution in [0.2, 0.25) is 0 Å². The van der Waals surface area contributed by atoms with Crippen LogP contribution >= 0.6 is 0 Å². The first-order valence-corrected chi connectivity index (χ1v) is 7.39. The number of hydrogen-bond acceptors (Lipinski definition) is 3. The molecule has 0 atom stereocenters. The Kier molecular flexibility index (Phi) is 3.57. The third-order valence-electron chi connectivity index (χ3n) is 2.97. The SMILES string of the molecule is CC(C)c1ccc(S(=O)(=O)n2cccc2C=O)cc1. The largest absolute Gasteiger partial charge is 0.296 e. The molecule has 2 rings (SSSR count). The molecule has 0 aliphatic carbocycles. The van der Waals surface area contributed by atoms with Gasteiger partial charge in [-0.25, -0.2) is 12.4 Å². The Balaban J connectivity index is 2.48. The fourth-order valence-corrected chi connectivity index (χ4v) is 3.15. The Morgan fingerprint density at radius 2 is 1.74 bits per heavy atom. The van der Waals surface area contributed by atoms with Crippen LogP contribution in [-0.2, 0) is 10.0 Å². The molecule has 0 saturated carbocycles. The van der Waals surface area contributed by atoms with Gasteiger partial charge in [0.1, 0.15) is 0 Å². The predicted octanol–water partition coefficient (Wildman–Crippen LogP) is 2.66. The van der Waals surface area contributed by atoms with Gasteiger partial charge >= 0.3 is 0 Å². The van der Waals surface area contributed by atoms with E-state index in [2.05, 4.69) is 0 Å². The van der Waals surface area contributed by atoms with E-state index in [1.165, 1.54) is 18.3 Å². The molecule has 0 radical (unpaired) electrons. The molecule has 19 heavy (non-hydrogen) atoms. The van der Waals surface area contributed by atoms with Crippen LogP contribution < -0.4 is 0 Å². The molecule has 0 aliphatic rings. The zero-order valence-electron chi connectivity index (χ0n) is 10.8. The monoisotopic (exact) mass is 277 g/mol. The Morgan fingerprint density at radius 1 is 1.11 bits per heavy atom. The van der Waals surface area contributed by atoms with Gasteiger partial charge in [-0.1, -0.05) is 26.0 Å². The van der Waals surface area contributed by atoms with Crippen LogP contribution in [0.5, 0.6) is 0 Å². The van der Waals surface area contributed by atoms with Crippen molar-refractivity contribution in [2.24, 2.45) is 0 Å². The van der Waals surface area contributed by atoms with Gasteiger partial charge in [-0.15, -0.1) is 0 Å². The number of carbonyl (C=O) groups excluding carboxylic acids is 1. The lowest BCUT2D eigenvalue weighted by atomic mass is 10.0. The number of benzene rings is 1. The van der Waals surface area contributed by atoms with Crippen LogP contribution in [-0.4, -0.2) is 18.7 Å². The zero-order valence-corrected chi connectivity index (χ0v) is 11.6. The highest BCUT2D eigenvalue weighted by atomic mass is 32.2. The smallest absolute Gasteiger partial charge is 0.268 e. The highest BCUT2D eigenvalue weighted by Crippen LogP contribution is 2.20. The maximum atomic E-state index is 12.4. The van der Waals surface area contributed by atoms with E-state index in [4.69, 9.17) is 0 Å². The molecule has 0 bridgehead atoms. The summed E-state index contributed by atoms with van der Waals surface area (Å²) in [7, 11) is -3.70. The Bertz CT molecular complexity index is 682. The third kappa shape index (κ3) is 2.46. The average molecular weight is 277 g/mol. The summed E-state index contributed by atoms with van der Waals surface area (Å²) in [5.74, 6) is 0.342. The van der Waals surface area contributed by atoms with E-state index in [0.29, 0.717) is 12.2 Å². The fourth-order valence-electron chi connectivity index (χ4n) is 1.83. The van der Waals surface area contributed by atoms with Crippen LogP contribution in [0.4, 0.5) is 0 Å². The molecule has 1 heterocycles. The number of aromatic nitrogens is 1. The maximum Gasteiger partial charge on any atom is 0.268 e. The summed E-state index contributed by atoms with van der Waals surface area (Å²) in [4.78, 5) is 11.0. The van der Waals surface area contributed by atoms with E-state index >= 15 is 0 Å². The molecule has 1 aromatic heterocycles. The maximum absolute atomic E-state index is 12.4. The van der Waals surface area contributed by atoms with Gasteiger partial charge in [0, 0.05) is 6.20 Å². The van der Waals surface area contributed by atoms with Crippen LogP contribution in [0, 0.1) is 0 Å². The van der Waals surface area contributed by atoms with Gasteiger partial charge in [0.15, 0.2) is 6.29 Å². The van der Waals surface area contributed by atoms with Crippen LogP contribution in [0.25, 0.3) is 0 Å². The summed E-state index contributed by atoms with van der Waals surface area (Å²) >= 11 is 0. The molecule has 100 valence electrons. The minimum absolute atomic E-state index is 0.118. The van der Waals surface area contributed by atoms with Crippen molar-refractivity contribution >= 4 is 16.3 Å². The van der Waals surface area contributed by atoms with Gasteiger partial charge in [0.05, 0.1) is 10.6 Å². The van der Waals surface area contributed by atoms with Crippen molar-refractivity contribution in [1.82, 2.24) is 3.97 Å². The molecule has 4 nitrogen and oxygen atoms in total. The molecule has 2 aromatic rings. The molecular weight excluding hydrogens is 262 g/mol. The topological polar surface area (TPSA) is 56.1 Å². The van der Waals surface area contributed by atoms with Gasteiger partial charge in [0.2, 0.25) is 0 Å². The molecule has 0 fully saturated rings. The quantitative estimate of drug-likeness (QED) is 0.807. The highest BCUT2D eigenvalue weighted by molar-refractivity contribution is 7.90. The summed E-state index contributed by atoms with van der Waals surface area (Å²) < 4.78 is 25.7.